The summed E-state index contributed by atoms with van der Waals surface area (Å²) in [6.45, 7) is 3.18. The third-order valence-electron chi connectivity index (χ3n) is 3.44. The van der Waals surface area contributed by atoms with Crippen LogP contribution in [0.5, 0.6) is 5.75 Å². The van der Waals surface area contributed by atoms with Crippen molar-refractivity contribution >= 4 is 5.97 Å². The summed E-state index contributed by atoms with van der Waals surface area (Å²) in [4.78, 5) is 11.3. The Morgan fingerprint density at radius 1 is 1.48 bits per heavy atom. The molecular weight excluding hydrogens is 277 g/mol. The fraction of sp³-hybridized carbons (Fsp3) is 0.400. The Bertz CT molecular complexity index is 517. The molecule has 0 aromatic heterocycles. The first-order valence-corrected chi connectivity index (χ1v) is 6.61. The molecule has 1 aliphatic heterocycles. The van der Waals surface area contributed by atoms with E-state index in [1.807, 2.05) is 24.3 Å². The van der Waals surface area contributed by atoms with E-state index in [-0.39, 0.29) is 12.6 Å². The number of rotatable bonds is 5. The summed E-state index contributed by atoms with van der Waals surface area (Å²) in [5, 5.41) is 12.9. The fourth-order valence-corrected chi connectivity index (χ4v) is 2.32. The van der Waals surface area contributed by atoms with Gasteiger partial charge in [-0.05, 0) is 24.1 Å². The molecule has 0 spiro atoms. The molecule has 1 heterocycles. The van der Waals surface area contributed by atoms with E-state index in [4.69, 9.17) is 9.47 Å². The van der Waals surface area contributed by atoms with Gasteiger partial charge < -0.3 is 19.9 Å². The second kappa shape index (κ2) is 6.69. The van der Waals surface area contributed by atoms with Crippen LogP contribution in [0.3, 0.4) is 0 Å². The number of aliphatic hydroxyl groups excluding tert-OH is 1. The number of aliphatic hydroxyl groups is 1. The first-order chi connectivity index (χ1) is 10.0. The number of halogens is 1. The van der Waals surface area contributed by atoms with E-state index in [1.54, 1.807) is 7.11 Å². The van der Waals surface area contributed by atoms with Crippen molar-refractivity contribution in [2.75, 3.05) is 13.7 Å². The van der Waals surface area contributed by atoms with Gasteiger partial charge in [0.05, 0.1) is 13.2 Å². The molecule has 2 N–H and O–H groups in total. The molecule has 1 aliphatic rings. The molecule has 1 aromatic rings. The highest BCUT2D eigenvalue weighted by atomic mass is 19.1. The highest BCUT2D eigenvalue weighted by Crippen LogP contribution is 2.20. The average Bonchev–Trinajstić information content (AvgIpc) is 2.81. The average molecular weight is 295 g/mol. The van der Waals surface area contributed by atoms with Crippen LogP contribution in [0, 0.1) is 0 Å². The number of ether oxygens (including phenoxy) is 2. The van der Waals surface area contributed by atoms with Gasteiger partial charge in [-0.15, -0.1) is 0 Å². The lowest BCUT2D eigenvalue weighted by Gasteiger charge is -2.21. The SMILES string of the molecule is C=C(F)C(=O)O[C@@H]1[C@@H](O)CN[C@@H]1Cc1ccc(OC)cc1. The number of nitrogens with one attached hydrogen (secondary N) is 1. The van der Waals surface area contributed by atoms with E-state index in [0.29, 0.717) is 6.42 Å². The van der Waals surface area contributed by atoms with E-state index in [0.717, 1.165) is 11.3 Å². The third kappa shape index (κ3) is 3.80. The molecular formula is C15H18FNO4. The van der Waals surface area contributed by atoms with Crippen LogP contribution < -0.4 is 10.1 Å². The topological polar surface area (TPSA) is 67.8 Å². The zero-order chi connectivity index (χ0) is 15.4. The van der Waals surface area contributed by atoms with E-state index in [1.165, 1.54) is 0 Å². The minimum atomic E-state index is -1.17. The minimum Gasteiger partial charge on any atom is -0.497 e. The van der Waals surface area contributed by atoms with Gasteiger partial charge in [0.15, 0.2) is 0 Å². The number of hydrogen-bond acceptors (Lipinski definition) is 5. The van der Waals surface area contributed by atoms with Gasteiger partial charge in [-0.25, -0.2) is 4.79 Å². The Morgan fingerprint density at radius 2 is 2.14 bits per heavy atom. The maximum Gasteiger partial charge on any atom is 0.366 e. The zero-order valence-electron chi connectivity index (χ0n) is 11.7. The summed E-state index contributed by atoms with van der Waals surface area (Å²) in [7, 11) is 1.59. The molecule has 114 valence electrons. The van der Waals surface area contributed by atoms with Crippen LogP contribution in [0.25, 0.3) is 0 Å². The van der Waals surface area contributed by atoms with Crippen LogP contribution in [-0.2, 0) is 16.0 Å². The number of carbonyl (C=O) groups is 1. The summed E-state index contributed by atoms with van der Waals surface area (Å²) >= 11 is 0. The number of esters is 1. The van der Waals surface area contributed by atoms with Crippen molar-refractivity contribution in [3.8, 4) is 5.75 Å². The lowest BCUT2D eigenvalue weighted by molar-refractivity contribution is -0.150. The Morgan fingerprint density at radius 3 is 2.71 bits per heavy atom. The molecule has 5 nitrogen and oxygen atoms in total. The number of benzene rings is 1. The summed E-state index contributed by atoms with van der Waals surface area (Å²) in [5.74, 6) is -1.56. The first kappa shape index (κ1) is 15.5. The van der Waals surface area contributed by atoms with Crippen molar-refractivity contribution in [3.63, 3.8) is 0 Å². The maximum absolute atomic E-state index is 12.7. The predicted octanol–water partition coefficient (Wildman–Crippen LogP) is 0.965. The summed E-state index contributed by atoms with van der Waals surface area (Å²) in [6.07, 6.45) is -1.12. The van der Waals surface area contributed by atoms with E-state index in [2.05, 4.69) is 11.9 Å². The van der Waals surface area contributed by atoms with Crippen LogP contribution in [0.2, 0.25) is 0 Å². The highest BCUT2D eigenvalue weighted by molar-refractivity contribution is 5.85. The van der Waals surface area contributed by atoms with Gasteiger partial charge in [-0.2, -0.15) is 4.39 Å². The van der Waals surface area contributed by atoms with E-state index < -0.39 is 24.0 Å². The summed E-state index contributed by atoms with van der Waals surface area (Å²) in [5.41, 5.74) is 0.988. The minimum absolute atomic E-state index is 0.281. The van der Waals surface area contributed by atoms with Gasteiger partial charge in [0.1, 0.15) is 18.0 Å². The van der Waals surface area contributed by atoms with Crippen molar-refractivity contribution in [2.45, 2.75) is 24.7 Å². The second-order valence-corrected chi connectivity index (χ2v) is 4.91. The van der Waals surface area contributed by atoms with Gasteiger partial charge in [0.25, 0.3) is 0 Å². The van der Waals surface area contributed by atoms with Crippen LogP contribution in [0.4, 0.5) is 4.39 Å². The normalized spacial score (nSPS) is 24.6. The molecule has 1 fully saturated rings. The number of β-amino-alcohol motifs (C(OH)–C–C–N with tert-alkyl or cyclic N) is 1. The number of methoxy groups -OCH3 is 1. The van der Waals surface area contributed by atoms with Crippen molar-refractivity contribution in [2.24, 2.45) is 0 Å². The Balaban J connectivity index is 2.03. The maximum atomic E-state index is 12.7. The molecule has 21 heavy (non-hydrogen) atoms. The summed E-state index contributed by atoms with van der Waals surface area (Å²) in [6, 6.07) is 7.14. The molecule has 1 saturated heterocycles. The van der Waals surface area contributed by atoms with Gasteiger partial charge >= 0.3 is 5.97 Å². The molecule has 3 atom stereocenters. The standard InChI is InChI=1S/C15H18FNO4/c1-9(16)15(19)21-14-12(17-8-13(14)18)7-10-3-5-11(20-2)6-4-10/h3-6,12-14,17-18H,1,7-8H2,2H3/t12-,13+,14+/m1/s1. The van der Waals surface area contributed by atoms with E-state index >= 15 is 0 Å². The fourth-order valence-electron chi connectivity index (χ4n) is 2.32. The smallest absolute Gasteiger partial charge is 0.366 e. The molecule has 1 aromatic carbocycles. The van der Waals surface area contributed by atoms with Crippen LogP contribution in [0.15, 0.2) is 36.7 Å². The van der Waals surface area contributed by atoms with Gasteiger partial charge in [-0.3, -0.25) is 0 Å². The predicted molar refractivity (Wildman–Crippen MR) is 74.6 cm³/mol. The molecule has 0 amide bonds. The van der Waals surface area contributed by atoms with Crippen molar-refractivity contribution < 1.29 is 23.8 Å². The first-order valence-electron chi connectivity index (χ1n) is 6.61. The lowest BCUT2D eigenvalue weighted by atomic mass is 10.0. The summed E-state index contributed by atoms with van der Waals surface area (Å²) < 4.78 is 22.8. The molecule has 0 saturated carbocycles. The monoisotopic (exact) mass is 295 g/mol. The second-order valence-electron chi connectivity index (χ2n) is 4.91. The molecule has 0 aliphatic carbocycles. The molecule has 6 heteroatoms. The Labute approximate surface area is 122 Å². The quantitative estimate of drug-likeness (QED) is 0.626. The Kier molecular flexibility index (Phi) is 4.93. The van der Waals surface area contributed by atoms with Crippen molar-refractivity contribution in [1.29, 1.82) is 0 Å². The Hall–Kier alpha value is -1.92. The molecule has 0 radical (unpaired) electrons. The number of hydrogen-bond donors (Lipinski definition) is 2. The lowest BCUT2D eigenvalue weighted by Crippen LogP contribution is -2.39. The van der Waals surface area contributed by atoms with Gasteiger partial charge in [0.2, 0.25) is 5.83 Å². The van der Waals surface area contributed by atoms with E-state index in [9.17, 15) is 14.3 Å². The van der Waals surface area contributed by atoms with Crippen LogP contribution in [-0.4, -0.2) is 43.0 Å². The molecule has 0 unspecified atom stereocenters. The van der Waals surface area contributed by atoms with Crippen LogP contribution in [0.1, 0.15) is 5.56 Å². The van der Waals surface area contributed by atoms with Gasteiger partial charge in [-0.1, -0.05) is 18.7 Å². The molecule has 0 bridgehead atoms. The van der Waals surface area contributed by atoms with Crippen molar-refractivity contribution in [3.05, 3.63) is 42.2 Å². The third-order valence-corrected chi connectivity index (χ3v) is 3.44. The van der Waals surface area contributed by atoms with Crippen LogP contribution >= 0.6 is 0 Å². The molecule has 2 rings (SSSR count). The number of carbonyl (C=O) groups excluding carboxylic acids is 1. The highest BCUT2D eigenvalue weighted by Gasteiger charge is 2.38. The largest absolute Gasteiger partial charge is 0.497 e. The van der Waals surface area contributed by atoms with Gasteiger partial charge in [0, 0.05) is 6.54 Å². The zero-order valence-corrected chi connectivity index (χ0v) is 11.7. The van der Waals surface area contributed by atoms with Crippen molar-refractivity contribution in [1.82, 2.24) is 5.32 Å².